The third kappa shape index (κ3) is 6.62. The molecule has 0 aromatic heterocycles. The number of ketones is 1. The highest BCUT2D eigenvalue weighted by Crippen LogP contribution is 2.54. The molecule has 0 heterocycles. The lowest BCUT2D eigenvalue weighted by atomic mass is 9.88. The van der Waals surface area contributed by atoms with E-state index in [1.807, 2.05) is 6.92 Å². The number of aryl methyl sites for hydroxylation is 1. The van der Waals surface area contributed by atoms with E-state index in [2.05, 4.69) is 5.32 Å². The molecule has 8 heteroatoms. The predicted molar refractivity (Wildman–Crippen MR) is 146 cm³/mol. The number of halogens is 4. The zero-order valence-corrected chi connectivity index (χ0v) is 22.7. The van der Waals surface area contributed by atoms with Gasteiger partial charge in [0.2, 0.25) is 5.91 Å². The molecular formula is C30H29ClF3NO2S. The average molecular weight is 560 g/mol. The zero-order chi connectivity index (χ0) is 27.5. The second-order valence-electron chi connectivity index (χ2n) is 9.84. The molecule has 1 N–H and O–H groups in total. The minimum Gasteiger partial charge on any atom is -0.349 e. The van der Waals surface area contributed by atoms with Gasteiger partial charge in [-0.1, -0.05) is 72.3 Å². The van der Waals surface area contributed by atoms with E-state index in [0.717, 1.165) is 24.0 Å². The summed E-state index contributed by atoms with van der Waals surface area (Å²) in [4.78, 5) is 25.5. The van der Waals surface area contributed by atoms with Crippen LogP contribution in [0.5, 0.6) is 0 Å². The Bertz CT molecular complexity index is 1270. The number of Topliss-reactive ketones (excluding diaryl/α,β-unsaturated/α-hetero) is 1. The van der Waals surface area contributed by atoms with Gasteiger partial charge in [-0.3, -0.25) is 9.59 Å². The van der Waals surface area contributed by atoms with Crippen molar-refractivity contribution in [2.45, 2.75) is 55.8 Å². The van der Waals surface area contributed by atoms with E-state index in [4.69, 9.17) is 11.6 Å². The number of nitrogens with one attached hydrogen (secondary N) is 1. The molecule has 0 aliphatic heterocycles. The summed E-state index contributed by atoms with van der Waals surface area (Å²) < 4.78 is 42.5. The molecule has 0 radical (unpaired) electrons. The number of thioether (sulfide) groups is 1. The lowest BCUT2D eigenvalue weighted by Gasteiger charge is -2.36. The van der Waals surface area contributed by atoms with Gasteiger partial charge in [0.1, 0.15) is 4.75 Å². The molecule has 3 aromatic carbocycles. The fourth-order valence-corrected chi connectivity index (χ4v) is 5.95. The number of carbonyl (C=O) groups excluding carboxylic acids is 2. The van der Waals surface area contributed by atoms with E-state index in [9.17, 15) is 9.59 Å². The maximum Gasteiger partial charge on any atom is 0.407 e. The van der Waals surface area contributed by atoms with Gasteiger partial charge < -0.3 is 5.32 Å². The van der Waals surface area contributed by atoms with Gasteiger partial charge in [0, 0.05) is 28.7 Å². The predicted octanol–water partition coefficient (Wildman–Crippen LogP) is 8.20. The molecule has 1 saturated carbocycles. The van der Waals surface area contributed by atoms with E-state index in [-0.39, 0.29) is 39.8 Å². The molecule has 2 atom stereocenters. The third-order valence-electron chi connectivity index (χ3n) is 6.74. The van der Waals surface area contributed by atoms with Crippen molar-refractivity contribution in [1.82, 2.24) is 5.32 Å². The van der Waals surface area contributed by atoms with Crippen LogP contribution in [-0.2, 0) is 15.3 Å². The Morgan fingerprint density at radius 3 is 2.26 bits per heavy atom. The van der Waals surface area contributed by atoms with Crippen LogP contribution in [-0.4, -0.2) is 17.9 Å². The Labute approximate surface area is 230 Å². The number of rotatable bonds is 10. The summed E-state index contributed by atoms with van der Waals surface area (Å²) in [6.07, 6.45) is -3.73. The van der Waals surface area contributed by atoms with E-state index in [0.29, 0.717) is 17.3 Å². The van der Waals surface area contributed by atoms with Gasteiger partial charge in [-0.25, -0.2) is 0 Å². The average Bonchev–Trinajstić information content (AvgIpc) is 3.71. The van der Waals surface area contributed by atoms with Crippen LogP contribution in [0.15, 0.2) is 72.8 Å². The number of benzene rings is 3. The van der Waals surface area contributed by atoms with E-state index in [1.54, 1.807) is 55.5 Å². The first kappa shape index (κ1) is 28.2. The summed E-state index contributed by atoms with van der Waals surface area (Å²) in [6.45, 7) is 3.52. The Morgan fingerprint density at radius 2 is 1.68 bits per heavy atom. The van der Waals surface area contributed by atoms with Crippen molar-refractivity contribution in [3.63, 3.8) is 0 Å². The fourth-order valence-electron chi connectivity index (χ4n) is 4.38. The second kappa shape index (κ2) is 11.5. The maximum absolute atomic E-state index is 15.0. The summed E-state index contributed by atoms with van der Waals surface area (Å²) in [6, 6.07) is 19.4. The van der Waals surface area contributed by atoms with Gasteiger partial charge in [0.25, 0.3) is 0 Å². The minimum absolute atomic E-state index is 0.000120. The first-order valence-corrected chi connectivity index (χ1v) is 13.8. The Morgan fingerprint density at radius 1 is 1.03 bits per heavy atom. The molecule has 0 spiro atoms. The molecular weight excluding hydrogens is 531 g/mol. The van der Waals surface area contributed by atoms with Gasteiger partial charge in [-0.2, -0.15) is 13.2 Å². The van der Waals surface area contributed by atoms with Gasteiger partial charge in [0.15, 0.2) is 5.78 Å². The van der Waals surface area contributed by atoms with Crippen LogP contribution in [0.1, 0.15) is 64.8 Å². The number of alkyl halides is 3. The van der Waals surface area contributed by atoms with Gasteiger partial charge in [0.05, 0.1) is 6.04 Å². The molecule has 200 valence electrons. The van der Waals surface area contributed by atoms with Crippen molar-refractivity contribution in [2.75, 3.05) is 0 Å². The van der Waals surface area contributed by atoms with Crippen LogP contribution in [0, 0.1) is 12.8 Å². The Balaban J connectivity index is 1.63. The van der Waals surface area contributed by atoms with Gasteiger partial charge >= 0.3 is 6.18 Å². The van der Waals surface area contributed by atoms with Crippen molar-refractivity contribution >= 4 is 35.1 Å². The third-order valence-corrected chi connectivity index (χ3v) is 8.54. The molecule has 4 rings (SSSR count). The minimum atomic E-state index is -4.74. The van der Waals surface area contributed by atoms with Crippen LogP contribution in [0.3, 0.4) is 0 Å². The highest BCUT2D eigenvalue weighted by Gasteiger charge is 2.57. The number of amides is 1. The van der Waals surface area contributed by atoms with Crippen LogP contribution < -0.4 is 5.32 Å². The molecule has 3 nitrogen and oxygen atoms in total. The summed E-state index contributed by atoms with van der Waals surface area (Å²) in [5.74, 6) is -0.491. The SMILES string of the molecule is Cc1cc(Cl)cc(C(CC(=O)c2ccc([C@H](C)NC(=O)C3CC3)cc2)(SCc2ccccc2)C(F)(F)F)c1. The highest BCUT2D eigenvalue weighted by molar-refractivity contribution is 7.99. The van der Waals surface area contributed by atoms with Crippen molar-refractivity contribution < 1.29 is 22.8 Å². The molecule has 0 bridgehead atoms. The molecule has 1 aliphatic carbocycles. The highest BCUT2D eigenvalue weighted by atomic mass is 35.5. The van der Waals surface area contributed by atoms with Crippen LogP contribution in [0.4, 0.5) is 13.2 Å². The van der Waals surface area contributed by atoms with Crippen LogP contribution >= 0.6 is 23.4 Å². The van der Waals surface area contributed by atoms with E-state index in [1.165, 1.54) is 24.3 Å². The summed E-state index contributed by atoms with van der Waals surface area (Å²) in [5.41, 5.74) is 2.23. The molecule has 1 unspecified atom stereocenters. The van der Waals surface area contributed by atoms with Crippen LogP contribution in [0.2, 0.25) is 5.02 Å². The van der Waals surface area contributed by atoms with Crippen molar-refractivity contribution in [3.05, 3.63) is 106 Å². The molecule has 1 aliphatic rings. The van der Waals surface area contributed by atoms with Gasteiger partial charge in [-0.05, 0) is 61.1 Å². The van der Waals surface area contributed by atoms with Gasteiger partial charge in [-0.15, -0.1) is 11.8 Å². The standard InChI is InChI=1S/C30H29ClF3NO2S/c1-19-14-25(16-26(31)15-19)29(30(32,33)34,38-18-21-6-4-3-5-7-21)17-27(36)23-10-8-22(9-11-23)20(2)35-28(37)24-12-13-24/h3-11,14-16,20,24H,12-13,17-18H2,1-2H3,(H,35,37)/t20-,29?/m0/s1. The maximum atomic E-state index is 15.0. The van der Waals surface area contributed by atoms with Crippen LogP contribution in [0.25, 0.3) is 0 Å². The Kier molecular flexibility index (Phi) is 8.58. The quantitative estimate of drug-likeness (QED) is 0.255. The largest absolute Gasteiger partial charge is 0.407 e. The number of hydrogen-bond acceptors (Lipinski definition) is 3. The molecule has 1 amide bonds. The van der Waals surface area contributed by atoms with Crippen molar-refractivity contribution in [3.8, 4) is 0 Å². The Hall–Kier alpha value is -2.77. The smallest absolute Gasteiger partial charge is 0.349 e. The first-order valence-electron chi connectivity index (χ1n) is 12.4. The normalized spacial score (nSPS) is 15.9. The molecule has 3 aromatic rings. The molecule has 38 heavy (non-hydrogen) atoms. The summed E-state index contributed by atoms with van der Waals surface area (Å²) in [7, 11) is 0. The summed E-state index contributed by atoms with van der Waals surface area (Å²) in [5, 5.41) is 3.13. The van der Waals surface area contributed by atoms with Crippen molar-refractivity contribution in [1.29, 1.82) is 0 Å². The fraction of sp³-hybridized carbons (Fsp3) is 0.333. The number of hydrogen-bond donors (Lipinski definition) is 1. The lowest BCUT2D eigenvalue weighted by Crippen LogP contribution is -2.41. The number of carbonyl (C=O) groups is 2. The first-order chi connectivity index (χ1) is 18.0. The molecule has 0 saturated heterocycles. The van der Waals surface area contributed by atoms with E-state index >= 15 is 13.2 Å². The van der Waals surface area contributed by atoms with Crippen molar-refractivity contribution in [2.24, 2.45) is 5.92 Å². The lowest BCUT2D eigenvalue weighted by molar-refractivity contribution is -0.161. The molecule has 1 fully saturated rings. The summed E-state index contributed by atoms with van der Waals surface area (Å²) >= 11 is 6.89. The zero-order valence-electron chi connectivity index (χ0n) is 21.1. The second-order valence-corrected chi connectivity index (χ2v) is 11.6. The monoisotopic (exact) mass is 559 g/mol. The topological polar surface area (TPSA) is 46.2 Å². The van der Waals surface area contributed by atoms with E-state index < -0.39 is 23.1 Å².